The van der Waals surface area contributed by atoms with Crippen LogP contribution in [0.15, 0.2) is 0 Å². The predicted octanol–water partition coefficient (Wildman–Crippen LogP) is 0.945. The first kappa shape index (κ1) is 44.4. The van der Waals surface area contributed by atoms with Gasteiger partial charge < -0.3 is 30.2 Å². The zero-order chi connectivity index (χ0) is 37.7. The van der Waals surface area contributed by atoms with Crippen LogP contribution in [0, 0.1) is 11.8 Å². The van der Waals surface area contributed by atoms with E-state index in [-0.39, 0.29) is 60.7 Å². The van der Waals surface area contributed by atoms with Gasteiger partial charge >= 0.3 is 0 Å². The van der Waals surface area contributed by atoms with Crippen molar-refractivity contribution in [3.05, 3.63) is 0 Å². The SMILES string of the molecule is CSC[C@H]1C(=O)SC[C@@H](C)C(=O)NCC(=O)N(C)[C@H]2CSSC[C@@H](C(=O)N1C)N(C)C(=O)CNC(=O)[C@H](C)CSC(=O)[C@H](CSC)N(C)C2=O.[2HH].[2HH]. The number of rotatable bonds is 4. The summed E-state index contributed by atoms with van der Waals surface area (Å²) in [5, 5.41) is 4.60. The number of carbonyl (C=O) groups excluding carboxylic acids is 8. The van der Waals surface area contributed by atoms with Crippen LogP contribution in [0.5, 0.6) is 0 Å². The van der Waals surface area contributed by atoms with Crippen LogP contribution in [0.3, 0.4) is 0 Å². The third-order valence-electron chi connectivity index (χ3n) is 8.32. The lowest BCUT2D eigenvalue weighted by molar-refractivity contribution is -0.145. The summed E-state index contributed by atoms with van der Waals surface area (Å²) in [6.07, 6.45) is 3.61. The maximum atomic E-state index is 14.1. The van der Waals surface area contributed by atoms with E-state index in [1.54, 1.807) is 26.4 Å². The summed E-state index contributed by atoms with van der Waals surface area (Å²) in [4.78, 5) is 113. The molecule has 6 amide bonds. The first-order valence-corrected chi connectivity index (χ1v) is 23.0. The normalized spacial score (nSPS) is 28.8. The van der Waals surface area contributed by atoms with E-state index in [2.05, 4.69) is 10.6 Å². The Hall–Kier alpha value is -1.74. The van der Waals surface area contributed by atoms with Gasteiger partial charge in [-0.2, -0.15) is 23.5 Å². The zero-order valence-corrected chi connectivity index (χ0v) is 34.5. The van der Waals surface area contributed by atoms with Crippen molar-refractivity contribution in [2.24, 2.45) is 11.8 Å². The fourth-order valence-electron chi connectivity index (χ4n) is 4.72. The van der Waals surface area contributed by atoms with Crippen molar-refractivity contribution in [1.29, 1.82) is 0 Å². The number of amides is 6. The highest BCUT2D eigenvalue weighted by atomic mass is 33.1. The summed E-state index contributed by atoms with van der Waals surface area (Å²) in [5.74, 6) is -3.35. The van der Waals surface area contributed by atoms with Gasteiger partial charge in [-0.25, -0.2) is 0 Å². The second-order valence-electron chi connectivity index (χ2n) is 11.9. The highest BCUT2D eigenvalue weighted by Gasteiger charge is 2.38. The molecule has 2 aliphatic rings. The third kappa shape index (κ3) is 12.4. The molecule has 0 aromatic heterocycles. The molecule has 6 atom stereocenters. The number of thioether (sulfide) groups is 4. The second-order valence-corrected chi connectivity index (χ2v) is 18.4. The van der Waals surface area contributed by atoms with Gasteiger partial charge in [-0.1, -0.05) is 59.0 Å². The lowest BCUT2D eigenvalue weighted by Crippen LogP contribution is -2.56. The van der Waals surface area contributed by atoms with E-state index in [1.807, 2.05) is 0 Å². The lowest BCUT2D eigenvalue weighted by atomic mass is 10.2. The summed E-state index contributed by atoms with van der Waals surface area (Å²) >= 11 is 4.59. The molecule has 2 N–H and O–H groups in total. The summed E-state index contributed by atoms with van der Waals surface area (Å²) in [6, 6.07) is -3.79. The van der Waals surface area contributed by atoms with Gasteiger partial charge in [0.25, 0.3) is 0 Å². The fraction of sp³-hybridized carbons (Fsp3) is 0.733. The van der Waals surface area contributed by atoms with Crippen molar-refractivity contribution >= 4 is 114 Å². The molecule has 2 bridgehead atoms. The molecule has 0 aliphatic carbocycles. The van der Waals surface area contributed by atoms with E-state index in [1.165, 1.54) is 92.9 Å². The number of hydrogen-bond donors (Lipinski definition) is 2. The Kier molecular flexibility index (Phi) is 19.3. The molecule has 2 heterocycles. The molecule has 286 valence electrons. The number of hydrogen-bond acceptors (Lipinski definition) is 14. The summed E-state index contributed by atoms with van der Waals surface area (Å²) in [5.41, 5.74) is 0. The molecule has 0 unspecified atom stereocenters. The summed E-state index contributed by atoms with van der Waals surface area (Å²) in [6.45, 7) is 2.49. The Bertz CT molecular complexity index is 1200. The average molecular weight is 819 g/mol. The predicted molar refractivity (Wildman–Crippen MR) is 211 cm³/mol. The van der Waals surface area contributed by atoms with Crippen LogP contribution in [0.1, 0.15) is 16.7 Å². The van der Waals surface area contributed by atoms with Crippen LogP contribution in [-0.2, 0) is 38.4 Å². The highest BCUT2D eigenvalue weighted by molar-refractivity contribution is 8.76. The van der Waals surface area contributed by atoms with Gasteiger partial charge in [-0.15, -0.1) is 0 Å². The number of likely N-dealkylation sites (N-methyl/N-ethyl adjacent to an activating group) is 4. The smallest absolute Gasteiger partial charge is 0.246 e. The number of carbonyl (C=O) groups is 8. The van der Waals surface area contributed by atoms with Crippen LogP contribution in [0.25, 0.3) is 0 Å². The van der Waals surface area contributed by atoms with Crippen LogP contribution in [0.4, 0.5) is 0 Å². The standard InChI is InChI=1S/C30H48N6O8S6.2H2/c1-17-11-47-29(43)21(13-45-7)35(5)27(41)20-16-50-49-15-19(33(3)23(37)9-31-25(17)39)28(42)36(6)22(14-46-8)30(44)48-12-18(2)26(40)32-10-24(38)34(20)4;;/h17-22H,9-16H2,1-8H3,(H,31,39)(H,32,40);2*1H/t17-,18-,19+,20+,21+,22+;;/m1../s1/i;2*1+1. The minimum atomic E-state index is -1.04. The lowest BCUT2D eigenvalue weighted by Gasteiger charge is -2.35. The topological polar surface area (TPSA) is 174 Å². The zero-order valence-electron chi connectivity index (χ0n) is 29.6. The molecular weight excluding hydrogens is 765 g/mol. The average Bonchev–Trinajstić information content (AvgIpc) is 3.10. The Morgan fingerprint density at radius 3 is 1.26 bits per heavy atom. The fourth-order valence-corrected chi connectivity index (χ4v) is 10.8. The molecule has 2 aliphatic heterocycles. The Morgan fingerprint density at radius 1 is 0.600 bits per heavy atom. The third-order valence-corrected chi connectivity index (χ3v) is 14.5. The number of nitrogens with one attached hydrogen (secondary N) is 2. The molecule has 20 heteroatoms. The highest BCUT2D eigenvalue weighted by Crippen LogP contribution is 2.28. The van der Waals surface area contributed by atoms with Gasteiger partial charge in [0.15, 0.2) is 0 Å². The molecule has 0 radical (unpaired) electrons. The first-order valence-electron chi connectivity index (χ1n) is 15.7. The van der Waals surface area contributed by atoms with Crippen LogP contribution in [-0.4, -0.2) is 178 Å². The van der Waals surface area contributed by atoms with Crippen LogP contribution < -0.4 is 10.6 Å². The van der Waals surface area contributed by atoms with Gasteiger partial charge in [0, 0.05) is 77.4 Å². The molecule has 0 aromatic rings. The van der Waals surface area contributed by atoms with Gasteiger partial charge in [-0.3, -0.25) is 38.4 Å². The van der Waals surface area contributed by atoms with Gasteiger partial charge in [0.1, 0.15) is 24.2 Å². The molecule has 2 rings (SSSR count). The molecule has 2 saturated heterocycles. The van der Waals surface area contributed by atoms with E-state index in [0.717, 1.165) is 23.5 Å². The van der Waals surface area contributed by atoms with Crippen molar-refractivity contribution in [3.63, 3.8) is 0 Å². The van der Waals surface area contributed by atoms with E-state index in [9.17, 15) is 38.4 Å². The van der Waals surface area contributed by atoms with Crippen molar-refractivity contribution in [2.45, 2.75) is 38.0 Å². The molecule has 0 saturated carbocycles. The Labute approximate surface area is 322 Å². The van der Waals surface area contributed by atoms with E-state index in [0.29, 0.717) is 0 Å². The van der Waals surface area contributed by atoms with E-state index in [4.69, 9.17) is 0 Å². The van der Waals surface area contributed by atoms with E-state index < -0.39 is 71.4 Å². The van der Waals surface area contributed by atoms with Crippen molar-refractivity contribution < 1.29 is 41.2 Å². The number of nitrogens with zero attached hydrogens (tertiary/aromatic N) is 4. The summed E-state index contributed by atoms with van der Waals surface area (Å²) in [7, 11) is 8.36. The summed E-state index contributed by atoms with van der Waals surface area (Å²) < 4.78 is 0. The molecule has 0 spiro atoms. The van der Waals surface area contributed by atoms with Crippen molar-refractivity contribution in [1.82, 2.24) is 30.2 Å². The van der Waals surface area contributed by atoms with Gasteiger partial charge in [-0.05, 0) is 12.5 Å². The monoisotopic (exact) mass is 818 g/mol. The van der Waals surface area contributed by atoms with Gasteiger partial charge in [0.05, 0.1) is 13.1 Å². The minimum Gasteiger partial charge on any atom is -0.347 e. The van der Waals surface area contributed by atoms with Crippen LogP contribution in [0.2, 0.25) is 0 Å². The first-order chi connectivity index (χ1) is 23.6. The maximum absolute atomic E-state index is 14.1. The Morgan fingerprint density at radius 2 is 0.940 bits per heavy atom. The van der Waals surface area contributed by atoms with Crippen molar-refractivity contribution in [2.75, 3.05) is 88.3 Å². The molecule has 50 heavy (non-hydrogen) atoms. The minimum absolute atomic E-state index is 0. The molecule has 14 nitrogen and oxygen atoms in total. The van der Waals surface area contributed by atoms with Crippen LogP contribution >= 0.6 is 68.6 Å². The Balaban J connectivity index is 0.0000130. The largest absolute Gasteiger partial charge is 0.347 e. The van der Waals surface area contributed by atoms with Crippen molar-refractivity contribution in [3.8, 4) is 0 Å². The van der Waals surface area contributed by atoms with E-state index >= 15 is 0 Å². The maximum Gasteiger partial charge on any atom is 0.246 e. The second kappa shape index (κ2) is 21.7. The quantitative estimate of drug-likeness (QED) is 0.384. The molecular formula is C30H52N6O8S6. The van der Waals surface area contributed by atoms with Gasteiger partial charge in [0.2, 0.25) is 45.7 Å². The molecule has 0 aromatic carbocycles. The number of fused-ring (bicyclic) bond motifs is 5. The molecule has 2 fully saturated rings.